The maximum Gasteiger partial charge on any atom is 0.471 e. The van der Waals surface area contributed by atoms with Crippen molar-refractivity contribution in [2.75, 3.05) is 6.54 Å². The van der Waals surface area contributed by atoms with Gasteiger partial charge in [0.25, 0.3) is 0 Å². The molecule has 0 aliphatic carbocycles. The van der Waals surface area contributed by atoms with Gasteiger partial charge in [0.15, 0.2) is 0 Å². The number of carbonyl (C=O) groups is 1. The Morgan fingerprint density at radius 3 is 2.33 bits per heavy atom. The predicted octanol–water partition coefficient (Wildman–Crippen LogP) is 4.05. The number of benzene rings is 1. The van der Waals surface area contributed by atoms with E-state index in [9.17, 15) is 28.2 Å². The van der Waals surface area contributed by atoms with Crippen LogP contribution in [-0.4, -0.2) is 34.4 Å². The van der Waals surface area contributed by atoms with Crippen molar-refractivity contribution in [2.45, 2.75) is 76.7 Å². The number of rotatable bonds is 11. The summed E-state index contributed by atoms with van der Waals surface area (Å²) < 4.78 is 36.4. The molecule has 1 aromatic rings. The van der Waals surface area contributed by atoms with E-state index in [1.54, 1.807) is 23.5 Å². The third-order valence-electron chi connectivity index (χ3n) is 4.61. The molecule has 3 N–H and O–H groups in total. The second kappa shape index (κ2) is 10.7. The molecule has 1 unspecified atom stereocenters. The van der Waals surface area contributed by atoms with E-state index in [1.165, 1.54) is 0 Å². The molecule has 1 amide bonds. The molecule has 0 spiro atoms. The maximum absolute atomic E-state index is 12.1. The number of alkyl halides is 3. The highest BCUT2D eigenvalue weighted by Crippen LogP contribution is 2.26. The summed E-state index contributed by atoms with van der Waals surface area (Å²) in [4.78, 5) is 10.8. The van der Waals surface area contributed by atoms with Crippen LogP contribution in [0.25, 0.3) is 0 Å². The molecule has 154 valence electrons. The molecule has 0 saturated carbocycles. The normalized spacial score (nSPS) is 13.4. The Bertz CT molecular complexity index is 584. The number of aliphatic hydroxyl groups is 2. The smallest absolute Gasteiger partial charge is 0.390 e. The summed E-state index contributed by atoms with van der Waals surface area (Å²) >= 11 is 0. The summed E-state index contributed by atoms with van der Waals surface area (Å²) in [7, 11) is 0. The van der Waals surface area contributed by atoms with Gasteiger partial charge in [-0.1, -0.05) is 51.0 Å². The first-order chi connectivity index (χ1) is 12.6. The van der Waals surface area contributed by atoms with Crippen molar-refractivity contribution >= 4 is 5.91 Å². The Morgan fingerprint density at radius 2 is 1.78 bits per heavy atom. The average molecular weight is 389 g/mol. The number of hydrogen-bond donors (Lipinski definition) is 3. The zero-order valence-corrected chi connectivity index (χ0v) is 16.0. The molecule has 0 heterocycles. The molecule has 0 fully saturated rings. The number of nitrogens with one attached hydrogen (secondary N) is 1. The zero-order valence-electron chi connectivity index (χ0n) is 16.0. The van der Waals surface area contributed by atoms with Crippen LogP contribution in [0.2, 0.25) is 0 Å². The van der Waals surface area contributed by atoms with Crippen LogP contribution >= 0.6 is 0 Å². The molecule has 1 aromatic carbocycles. The van der Waals surface area contributed by atoms with Crippen molar-refractivity contribution < 1.29 is 28.2 Å². The quantitative estimate of drug-likeness (QED) is 0.535. The Labute approximate surface area is 158 Å². The van der Waals surface area contributed by atoms with Crippen LogP contribution < -0.4 is 5.32 Å². The monoisotopic (exact) mass is 389 g/mol. The molecule has 0 bridgehead atoms. The molecular weight excluding hydrogens is 359 g/mol. The summed E-state index contributed by atoms with van der Waals surface area (Å²) in [5.41, 5.74) is 0.847. The highest BCUT2D eigenvalue weighted by Gasteiger charge is 2.38. The fourth-order valence-electron chi connectivity index (χ4n) is 3.23. The molecule has 1 rings (SSSR count). The van der Waals surface area contributed by atoms with Crippen LogP contribution in [0, 0.1) is 0 Å². The van der Waals surface area contributed by atoms with E-state index >= 15 is 0 Å². The number of hydrogen-bond acceptors (Lipinski definition) is 3. The highest BCUT2D eigenvalue weighted by molar-refractivity contribution is 5.81. The van der Waals surface area contributed by atoms with E-state index in [2.05, 4.69) is 0 Å². The second-order valence-corrected chi connectivity index (χ2v) is 7.03. The van der Waals surface area contributed by atoms with Gasteiger partial charge in [0.05, 0.1) is 11.7 Å². The van der Waals surface area contributed by atoms with Crippen molar-refractivity contribution in [1.82, 2.24) is 5.32 Å². The lowest BCUT2D eigenvalue weighted by Gasteiger charge is -2.27. The summed E-state index contributed by atoms with van der Waals surface area (Å²) in [6.07, 6.45) is -1.34. The Balaban J connectivity index is 2.60. The number of carbonyl (C=O) groups excluding carboxylic acids is 1. The number of amides is 1. The van der Waals surface area contributed by atoms with Gasteiger partial charge in [-0.05, 0) is 43.2 Å². The average Bonchev–Trinajstić information content (AvgIpc) is 2.60. The molecule has 0 aromatic heterocycles. The molecule has 0 aliphatic heterocycles. The molecule has 27 heavy (non-hydrogen) atoms. The van der Waals surface area contributed by atoms with Gasteiger partial charge >= 0.3 is 12.1 Å². The molecule has 0 saturated heterocycles. The van der Waals surface area contributed by atoms with Gasteiger partial charge < -0.3 is 15.5 Å². The summed E-state index contributed by atoms with van der Waals surface area (Å²) in [6.45, 7) is 3.81. The van der Waals surface area contributed by atoms with E-state index in [0.717, 1.165) is 31.2 Å². The van der Waals surface area contributed by atoms with Gasteiger partial charge in [-0.3, -0.25) is 4.79 Å². The van der Waals surface area contributed by atoms with Gasteiger partial charge in [-0.25, -0.2) is 0 Å². The molecule has 4 nitrogen and oxygen atoms in total. The minimum Gasteiger partial charge on any atom is -0.390 e. The van der Waals surface area contributed by atoms with Gasteiger partial charge in [-0.2, -0.15) is 13.2 Å². The Hall–Kier alpha value is -1.60. The molecule has 0 aliphatic rings. The summed E-state index contributed by atoms with van der Waals surface area (Å²) in [5.74, 6) is -2.01. The first-order valence-electron chi connectivity index (χ1n) is 9.45. The third kappa shape index (κ3) is 8.30. The van der Waals surface area contributed by atoms with Crippen LogP contribution in [0.3, 0.4) is 0 Å². The predicted molar refractivity (Wildman–Crippen MR) is 98.2 cm³/mol. The van der Waals surface area contributed by atoms with Crippen LogP contribution in [0.5, 0.6) is 0 Å². The minimum absolute atomic E-state index is 0.0130. The Morgan fingerprint density at radius 1 is 1.15 bits per heavy atom. The molecule has 0 radical (unpaired) electrons. The molecule has 1 atom stereocenters. The number of halogens is 3. The largest absolute Gasteiger partial charge is 0.471 e. The SMILES string of the molecule is CCCC(O)(CCC)CCc1cccc(C(O)CCNC(=O)C(F)(F)F)c1. The van der Waals surface area contributed by atoms with E-state index < -0.39 is 23.8 Å². The molecule has 7 heteroatoms. The fraction of sp³-hybridized carbons (Fsp3) is 0.650. The summed E-state index contributed by atoms with van der Waals surface area (Å²) in [5, 5.41) is 22.6. The van der Waals surface area contributed by atoms with Crippen molar-refractivity contribution in [3.63, 3.8) is 0 Å². The van der Waals surface area contributed by atoms with Crippen molar-refractivity contribution in [3.05, 3.63) is 35.4 Å². The van der Waals surface area contributed by atoms with Crippen LogP contribution in [0.15, 0.2) is 24.3 Å². The second-order valence-electron chi connectivity index (χ2n) is 7.03. The third-order valence-corrected chi connectivity index (χ3v) is 4.61. The lowest BCUT2D eigenvalue weighted by Crippen LogP contribution is -2.37. The van der Waals surface area contributed by atoms with Gasteiger partial charge in [0.1, 0.15) is 0 Å². The lowest BCUT2D eigenvalue weighted by molar-refractivity contribution is -0.173. The fourth-order valence-corrected chi connectivity index (χ4v) is 3.23. The van der Waals surface area contributed by atoms with E-state index in [4.69, 9.17) is 0 Å². The standard InChI is InChI=1S/C20H30F3NO3/c1-3-10-19(27,11-4-2)12-8-15-6-5-7-16(14-15)17(25)9-13-24-18(26)20(21,22)23/h5-7,14,17,25,27H,3-4,8-13H2,1-2H3,(H,24,26). The van der Waals surface area contributed by atoms with Gasteiger partial charge in [0.2, 0.25) is 0 Å². The summed E-state index contributed by atoms with van der Waals surface area (Å²) in [6, 6.07) is 7.18. The van der Waals surface area contributed by atoms with Crippen molar-refractivity contribution in [1.29, 1.82) is 0 Å². The topological polar surface area (TPSA) is 69.6 Å². The first kappa shape index (κ1) is 23.4. The van der Waals surface area contributed by atoms with E-state index in [-0.39, 0.29) is 13.0 Å². The highest BCUT2D eigenvalue weighted by atomic mass is 19.4. The number of aliphatic hydroxyl groups excluding tert-OH is 1. The zero-order chi connectivity index (χ0) is 20.5. The van der Waals surface area contributed by atoms with E-state index in [1.807, 2.05) is 19.9 Å². The van der Waals surface area contributed by atoms with Crippen molar-refractivity contribution in [2.24, 2.45) is 0 Å². The van der Waals surface area contributed by atoms with Crippen LogP contribution in [0.4, 0.5) is 13.2 Å². The Kier molecular flexibility index (Phi) is 9.26. The lowest BCUT2D eigenvalue weighted by atomic mass is 9.86. The van der Waals surface area contributed by atoms with E-state index in [0.29, 0.717) is 18.4 Å². The number of aryl methyl sites for hydroxylation is 1. The maximum atomic E-state index is 12.1. The molecular formula is C20H30F3NO3. The van der Waals surface area contributed by atoms with Crippen LogP contribution in [-0.2, 0) is 11.2 Å². The van der Waals surface area contributed by atoms with Crippen LogP contribution in [0.1, 0.15) is 69.6 Å². The van der Waals surface area contributed by atoms with Crippen molar-refractivity contribution in [3.8, 4) is 0 Å². The van der Waals surface area contributed by atoms with Gasteiger partial charge in [0, 0.05) is 6.54 Å². The van der Waals surface area contributed by atoms with Gasteiger partial charge in [-0.15, -0.1) is 0 Å². The first-order valence-corrected chi connectivity index (χ1v) is 9.45. The minimum atomic E-state index is -4.92.